The largest absolute Gasteiger partial charge is 0.464 e. The van der Waals surface area contributed by atoms with Crippen molar-refractivity contribution in [1.29, 1.82) is 0 Å². The molecule has 1 rings (SSSR count). The highest BCUT2D eigenvalue weighted by atomic mass is 32.2. The van der Waals surface area contributed by atoms with Gasteiger partial charge in [-0.2, -0.15) is 0 Å². The molecule has 86 valence electrons. The lowest BCUT2D eigenvalue weighted by Gasteiger charge is -2.03. The zero-order valence-corrected chi connectivity index (χ0v) is 8.47. The van der Waals surface area contributed by atoms with E-state index in [9.17, 15) is 23.3 Å². The molecule has 9 heteroatoms. The number of nitro groups is 1. The summed E-state index contributed by atoms with van der Waals surface area (Å²) < 4.78 is 24.0. The van der Waals surface area contributed by atoms with Gasteiger partial charge in [0, 0.05) is 6.07 Å². The second-order valence-electron chi connectivity index (χ2n) is 2.64. The van der Waals surface area contributed by atoms with Gasteiger partial charge in [-0.05, 0) is 6.07 Å². The van der Waals surface area contributed by atoms with E-state index in [1.54, 1.807) is 0 Å². The number of sulfonamides is 1. The fourth-order valence-corrected chi connectivity index (χ4v) is 2.02. The van der Waals surface area contributed by atoms with E-state index in [1.165, 1.54) is 16.9 Å². The Bertz CT molecular complexity index is 538. The van der Waals surface area contributed by atoms with E-state index in [4.69, 9.17) is 5.11 Å². The fourth-order valence-electron chi connectivity index (χ4n) is 1.01. The lowest BCUT2D eigenvalue weighted by molar-refractivity contribution is -0.387. The highest BCUT2D eigenvalue weighted by Crippen LogP contribution is 2.22. The third kappa shape index (κ3) is 2.45. The van der Waals surface area contributed by atoms with E-state index in [0.717, 1.165) is 12.1 Å². The minimum atomic E-state index is -4.43. The van der Waals surface area contributed by atoms with Crippen LogP contribution in [0.4, 0.5) is 10.5 Å². The summed E-state index contributed by atoms with van der Waals surface area (Å²) in [5.41, 5.74) is -0.684. The summed E-state index contributed by atoms with van der Waals surface area (Å²) in [7, 11) is -4.43. The Balaban J connectivity index is 3.33. The Labute approximate surface area is 89.7 Å². The Hall–Kier alpha value is -2.16. The third-order valence-corrected chi connectivity index (χ3v) is 2.94. The van der Waals surface area contributed by atoms with Crippen LogP contribution in [0, 0.1) is 10.1 Å². The number of hydrogen-bond donors (Lipinski definition) is 2. The maximum absolute atomic E-state index is 11.4. The summed E-state index contributed by atoms with van der Waals surface area (Å²) in [6.45, 7) is 0. The van der Waals surface area contributed by atoms with Gasteiger partial charge >= 0.3 is 6.09 Å². The molecule has 0 unspecified atom stereocenters. The number of nitrogens with one attached hydrogen (secondary N) is 1. The molecule has 2 N–H and O–H groups in total. The third-order valence-electron chi connectivity index (χ3n) is 1.57. The Morgan fingerprint density at radius 2 is 1.94 bits per heavy atom. The van der Waals surface area contributed by atoms with Crippen molar-refractivity contribution in [3.63, 3.8) is 0 Å². The van der Waals surface area contributed by atoms with Gasteiger partial charge in [0.2, 0.25) is 0 Å². The second kappa shape index (κ2) is 4.14. The molecule has 16 heavy (non-hydrogen) atoms. The van der Waals surface area contributed by atoms with E-state index in [-0.39, 0.29) is 0 Å². The Kier molecular flexibility index (Phi) is 3.09. The summed E-state index contributed by atoms with van der Waals surface area (Å²) >= 11 is 0. The van der Waals surface area contributed by atoms with Crippen molar-refractivity contribution in [3.05, 3.63) is 34.4 Å². The molecule has 0 radical (unpaired) electrons. The van der Waals surface area contributed by atoms with Crippen LogP contribution in [0.15, 0.2) is 29.2 Å². The smallest absolute Gasteiger partial charge is 0.418 e. The van der Waals surface area contributed by atoms with Gasteiger partial charge < -0.3 is 5.11 Å². The molecule has 0 saturated carbocycles. The lowest BCUT2D eigenvalue weighted by Crippen LogP contribution is -2.29. The van der Waals surface area contributed by atoms with Crippen LogP contribution < -0.4 is 4.72 Å². The SMILES string of the molecule is O=C(O)NS(=O)(=O)c1ccccc1[N+](=O)[O-]. The standard InChI is InChI=1S/C7H6N2O6S/c10-7(11)8-16(14,15)6-4-2-1-3-5(6)9(12)13/h1-4,8H,(H,10,11). The minimum absolute atomic E-state index is 0.684. The van der Waals surface area contributed by atoms with Crippen LogP contribution in [-0.4, -0.2) is 24.5 Å². The van der Waals surface area contributed by atoms with E-state index >= 15 is 0 Å². The number of para-hydroxylation sites is 1. The van der Waals surface area contributed by atoms with Crippen molar-refractivity contribution < 1.29 is 23.2 Å². The number of nitrogens with zero attached hydrogens (tertiary/aromatic N) is 1. The number of carboxylic acid groups (broad SMARTS) is 1. The number of hydrogen-bond acceptors (Lipinski definition) is 5. The summed E-state index contributed by atoms with van der Waals surface area (Å²) in [5, 5.41) is 18.8. The predicted molar refractivity (Wildman–Crippen MR) is 51.4 cm³/mol. The molecular weight excluding hydrogens is 240 g/mol. The molecule has 0 aliphatic rings. The zero-order chi connectivity index (χ0) is 12.3. The lowest BCUT2D eigenvalue weighted by atomic mass is 10.3. The van der Waals surface area contributed by atoms with Gasteiger partial charge in [0.1, 0.15) is 0 Å². The highest BCUT2D eigenvalue weighted by molar-refractivity contribution is 7.90. The van der Waals surface area contributed by atoms with Crippen molar-refractivity contribution >= 4 is 21.8 Å². The van der Waals surface area contributed by atoms with Crippen molar-refractivity contribution in [2.75, 3.05) is 0 Å². The van der Waals surface area contributed by atoms with E-state index in [1.807, 2.05) is 0 Å². The fraction of sp³-hybridized carbons (Fsp3) is 0. The predicted octanol–water partition coefficient (Wildman–Crippen LogP) is 0.551. The number of benzene rings is 1. The zero-order valence-electron chi connectivity index (χ0n) is 7.65. The number of amides is 1. The minimum Gasteiger partial charge on any atom is -0.464 e. The molecule has 0 saturated heterocycles. The molecular formula is C7H6N2O6S. The normalized spacial score (nSPS) is 10.8. The van der Waals surface area contributed by atoms with Crippen molar-refractivity contribution in [2.24, 2.45) is 0 Å². The molecule has 0 bridgehead atoms. The topological polar surface area (TPSA) is 127 Å². The molecule has 8 nitrogen and oxygen atoms in total. The van der Waals surface area contributed by atoms with E-state index < -0.39 is 31.6 Å². The van der Waals surface area contributed by atoms with Crippen LogP contribution in [0.1, 0.15) is 0 Å². The van der Waals surface area contributed by atoms with Gasteiger partial charge in [-0.25, -0.2) is 17.9 Å². The van der Waals surface area contributed by atoms with Gasteiger partial charge in [-0.3, -0.25) is 10.1 Å². The maximum atomic E-state index is 11.4. The van der Waals surface area contributed by atoms with Gasteiger partial charge in [-0.15, -0.1) is 0 Å². The first-order chi connectivity index (χ1) is 7.34. The molecule has 0 heterocycles. The molecule has 0 atom stereocenters. The Morgan fingerprint density at radius 3 is 2.44 bits per heavy atom. The van der Waals surface area contributed by atoms with Crippen LogP contribution in [-0.2, 0) is 10.0 Å². The molecule has 0 fully saturated rings. The summed E-state index contributed by atoms with van der Waals surface area (Å²) in [6, 6.07) is 4.45. The first-order valence-corrected chi connectivity index (χ1v) is 5.32. The molecule has 1 amide bonds. The van der Waals surface area contributed by atoms with Crippen molar-refractivity contribution in [1.82, 2.24) is 4.72 Å². The summed E-state index contributed by atoms with van der Waals surface area (Å²) in [4.78, 5) is 19.1. The molecule has 0 spiro atoms. The van der Waals surface area contributed by atoms with Crippen LogP contribution >= 0.6 is 0 Å². The van der Waals surface area contributed by atoms with Gasteiger partial charge in [0.15, 0.2) is 4.90 Å². The summed E-state index contributed by atoms with van der Waals surface area (Å²) in [6.07, 6.45) is -1.81. The van der Waals surface area contributed by atoms with Gasteiger partial charge in [0.25, 0.3) is 15.7 Å². The molecule has 1 aromatic carbocycles. The number of carbonyl (C=O) groups is 1. The first kappa shape index (κ1) is 11.9. The molecule has 1 aromatic rings. The quantitative estimate of drug-likeness (QED) is 0.592. The Morgan fingerprint density at radius 1 is 1.38 bits per heavy atom. The van der Waals surface area contributed by atoms with Crippen LogP contribution in [0.3, 0.4) is 0 Å². The monoisotopic (exact) mass is 246 g/mol. The van der Waals surface area contributed by atoms with E-state index in [2.05, 4.69) is 0 Å². The van der Waals surface area contributed by atoms with Gasteiger partial charge in [-0.1, -0.05) is 12.1 Å². The summed E-state index contributed by atoms with van der Waals surface area (Å²) in [5.74, 6) is 0. The second-order valence-corrected chi connectivity index (χ2v) is 4.29. The number of rotatable bonds is 3. The van der Waals surface area contributed by atoms with Crippen molar-refractivity contribution in [3.8, 4) is 0 Å². The van der Waals surface area contributed by atoms with Gasteiger partial charge in [0.05, 0.1) is 4.92 Å². The van der Waals surface area contributed by atoms with Crippen LogP contribution in [0.25, 0.3) is 0 Å². The van der Waals surface area contributed by atoms with Crippen molar-refractivity contribution in [2.45, 2.75) is 4.90 Å². The molecule has 0 aromatic heterocycles. The maximum Gasteiger partial charge on any atom is 0.418 e. The average molecular weight is 246 g/mol. The first-order valence-electron chi connectivity index (χ1n) is 3.84. The molecule has 0 aliphatic heterocycles. The van der Waals surface area contributed by atoms with Crippen LogP contribution in [0.5, 0.6) is 0 Å². The van der Waals surface area contributed by atoms with Crippen LogP contribution in [0.2, 0.25) is 0 Å². The van der Waals surface area contributed by atoms with E-state index in [0.29, 0.717) is 0 Å². The average Bonchev–Trinajstić information content (AvgIpc) is 2.15. The highest BCUT2D eigenvalue weighted by Gasteiger charge is 2.26. The number of nitro benzene ring substituents is 1. The molecule has 0 aliphatic carbocycles.